The predicted octanol–water partition coefficient (Wildman–Crippen LogP) is 6.57. The van der Waals surface area contributed by atoms with Gasteiger partial charge >= 0.3 is 5.97 Å². The summed E-state index contributed by atoms with van der Waals surface area (Å²) in [6, 6.07) is 27.3. The molecule has 8 heteroatoms. The maximum Gasteiger partial charge on any atom is 0.344 e. The van der Waals surface area contributed by atoms with Crippen LogP contribution >= 0.6 is 11.8 Å². The number of carbonyl (C=O) groups excluding carboxylic acids is 3. The second-order valence-electron chi connectivity index (χ2n) is 8.55. The number of para-hydroxylation sites is 1. The standard InChI is InChI=1S/C31H25NO6S/c1-2-36-27-19-21(15-16-26(27)38-30(34)25-14-8-10-22-9-6-7-13-24(22)25)20-28-29(33)32(31(35)39-28)17-18-37-23-11-4-3-5-12-23/h3-16,19-20H,2,17-18H2,1H3/b28-20-. The van der Waals surface area contributed by atoms with Crippen LogP contribution in [0.1, 0.15) is 22.8 Å². The zero-order valence-electron chi connectivity index (χ0n) is 21.2. The lowest BCUT2D eigenvalue weighted by atomic mass is 10.0. The third-order valence-electron chi connectivity index (χ3n) is 5.98. The Kier molecular flexibility index (Phi) is 7.94. The topological polar surface area (TPSA) is 82.1 Å². The molecule has 1 aliphatic rings. The van der Waals surface area contributed by atoms with Gasteiger partial charge in [0.15, 0.2) is 11.5 Å². The Labute approximate surface area is 230 Å². The molecule has 4 aromatic carbocycles. The Balaban J connectivity index is 1.30. The lowest BCUT2D eigenvalue weighted by Crippen LogP contribution is -2.32. The third kappa shape index (κ3) is 5.97. The van der Waals surface area contributed by atoms with Crippen molar-refractivity contribution in [3.8, 4) is 17.2 Å². The van der Waals surface area contributed by atoms with Crippen LogP contribution in [0.4, 0.5) is 4.79 Å². The highest BCUT2D eigenvalue weighted by molar-refractivity contribution is 8.18. The lowest BCUT2D eigenvalue weighted by Gasteiger charge is -2.13. The number of ether oxygens (including phenoxy) is 3. The number of fused-ring (bicyclic) bond motifs is 1. The minimum Gasteiger partial charge on any atom is -0.492 e. The van der Waals surface area contributed by atoms with E-state index in [1.54, 1.807) is 30.3 Å². The van der Waals surface area contributed by atoms with Gasteiger partial charge in [-0.2, -0.15) is 0 Å². The smallest absolute Gasteiger partial charge is 0.344 e. The van der Waals surface area contributed by atoms with Crippen molar-refractivity contribution in [1.82, 2.24) is 4.90 Å². The molecule has 0 N–H and O–H groups in total. The molecule has 0 spiro atoms. The zero-order valence-corrected chi connectivity index (χ0v) is 22.0. The monoisotopic (exact) mass is 539 g/mol. The molecule has 0 atom stereocenters. The minimum absolute atomic E-state index is 0.143. The van der Waals surface area contributed by atoms with Gasteiger partial charge in [0.1, 0.15) is 12.4 Å². The first-order valence-electron chi connectivity index (χ1n) is 12.4. The van der Waals surface area contributed by atoms with Crippen LogP contribution in [-0.4, -0.2) is 41.8 Å². The van der Waals surface area contributed by atoms with E-state index in [9.17, 15) is 14.4 Å². The molecule has 1 heterocycles. The quantitative estimate of drug-likeness (QED) is 0.135. The second kappa shape index (κ2) is 11.9. The first-order valence-corrected chi connectivity index (χ1v) is 13.2. The number of esters is 1. The number of nitrogens with zero attached hydrogens (tertiary/aromatic N) is 1. The molecule has 7 nitrogen and oxygen atoms in total. The van der Waals surface area contributed by atoms with Gasteiger partial charge in [-0.15, -0.1) is 0 Å². The van der Waals surface area contributed by atoms with Crippen molar-refractivity contribution in [2.24, 2.45) is 0 Å². The van der Waals surface area contributed by atoms with Gasteiger partial charge in [0, 0.05) is 0 Å². The van der Waals surface area contributed by atoms with Crippen molar-refractivity contribution in [1.29, 1.82) is 0 Å². The van der Waals surface area contributed by atoms with E-state index in [1.165, 1.54) is 4.90 Å². The Morgan fingerprint density at radius 1 is 0.872 bits per heavy atom. The van der Waals surface area contributed by atoms with Crippen LogP contribution in [0, 0.1) is 0 Å². The molecule has 196 valence electrons. The van der Waals surface area contributed by atoms with E-state index in [4.69, 9.17) is 14.2 Å². The highest BCUT2D eigenvalue weighted by atomic mass is 32.2. The van der Waals surface area contributed by atoms with Gasteiger partial charge in [-0.3, -0.25) is 14.5 Å². The van der Waals surface area contributed by atoms with E-state index in [2.05, 4.69) is 0 Å². The summed E-state index contributed by atoms with van der Waals surface area (Å²) in [5.41, 5.74) is 1.08. The molecule has 0 aliphatic carbocycles. The summed E-state index contributed by atoms with van der Waals surface area (Å²) in [5.74, 6) is 0.406. The SMILES string of the molecule is CCOc1cc(/C=C2\SC(=O)N(CCOc3ccccc3)C2=O)ccc1OC(=O)c1cccc2ccccc12. The molecular weight excluding hydrogens is 514 g/mol. The number of imide groups is 1. The van der Waals surface area contributed by atoms with Crippen LogP contribution in [-0.2, 0) is 4.79 Å². The van der Waals surface area contributed by atoms with Crippen molar-refractivity contribution in [2.75, 3.05) is 19.8 Å². The van der Waals surface area contributed by atoms with Gasteiger partial charge < -0.3 is 14.2 Å². The van der Waals surface area contributed by atoms with Gasteiger partial charge in [0.25, 0.3) is 11.1 Å². The van der Waals surface area contributed by atoms with Crippen LogP contribution < -0.4 is 14.2 Å². The zero-order chi connectivity index (χ0) is 27.2. The van der Waals surface area contributed by atoms with E-state index in [1.807, 2.05) is 73.7 Å². The average Bonchev–Trinajstić information content (AvgIpc) is 3.22. The molecule has 2 amide bonds. The van der Waals surface area contributed by atoms with Gasteiger partial charge in [-0.25, -0.2) is 4.79 Å². The van der Waals surface area contributed by atoms with Crippen molar-refractivity contribution >= 4 is 45.7 Å². The van der Waals surface area contributed by atoms with Gasteiger partial charge in [0.05, 0.1) is 23.6 Å². The Morgan fingerprint density at radius 2 is 1.64 bits per heavy atom. The molecule has 0 bridgehead atoms. The van der Waals surface area contributed by atoms with Crippen molar-refractivity contribution < 1.29 is 28.6 Å². The number of thioether (sulfide) groups is 1. The number of carbonyl (C=O) groups is 3. The fraction of sp³-hybridized carbons (Fsp3) is 0.129. The molecule has 39 heavy (non-hydrogen) atoms. The Morgan fingerprint density at radius 3 is 2.46 bits per heavy atom. The summed E-state index contributed by atoms with van der Waals surface area (Å²) in [7, 11) is 0. The van der Waals surface area contributed by atoms with Crippen LogP contribution in [0.5, 0.6) is 17.2 Å². The normalized spacial score (nSPS) is 14.2. The molecule has 1 fully saturated rings. The minimum atomic E-state index is -0.501. The number of amides is 2. The average molecular weight is 540 g/mol. The highest BCUT2D eigenvalue weighted by Crippen LogP contribution is 2.35. The van der Waals surface area contributed by atoms with E-state index >= 15 is 0 Å². The van der Waals surface area contributed by atoms with Gasteiger partial charge in [0.2, 0.25) is 0 Å². The van der Waals surface area contributed by atoms with Crippen LogP contribution in [0.2, 0.25) is 0 Å². The summed E-state index contributed by atoms with van der Waals surface area (Å²) < 4.78 is 17.1. The second-order valence-corrected chi connectivity index (χ2v) is 9.54. The van der Waals surface area contributed by atoms with Crippen LogP contribution in [0.3, 0.4) is 0 Å². The van der Waals surface area contributed by atoms with Crippen LogP contribution in [0.15, 0.2) is 95.9 Å². The fourth-order valence-corrected chi connectivity index (χ4v) is 5.01. The summed E-state index contributed by atoms with van der Waals surface area (Å²) in [5, 5.41) is 1.38. The fourth-order valence-electron chi connectivity index (χ4n) is 4.14. The Bertz CT molecular complexity index is 1560. The molecule has 0 unspecified atom stereocenters. The summed E-state index contributed by atoms with van der Waals surface area (Å²) in [6.45, 7) is 2.51. The number of hydrogen-bond donors (Lipinski definition) is 0. The molecule has 0 aromatic heterocycles. The largest absolute Gasteiger partial charge is 0.492 e. The molecule has 1 aliphatic heterocycles. The van der Waals surface area contributed by atoms with E-state index in [0.29, 0.717) is 34.1 Å². The first-order chi connectivity index (χ1) is 19.0. The Hall–Kier alpha value is -4.56. The number of rotatable bonds is 9. The lowest BCUT2D eigenvalue weighted by molar-refractivity contribution is -0.123. The maximum atomic E-state index is 13.0. The van der Waals surface area contributed by atoms with E-state index in [-0.39, 0.29) is 30.0 Å². The molecule has 5 rings (SSSR count). The van der Waals surface area contributed by atoms with E-state index in [0.717, 1.165) is 22.5 Å². The predicted molar refractivity (Wildman–Crippen MR) is 151 cm³/mol. The summed E-state index contributed by atoms with van der Waals surface area (Å²) in [4.78, 5) is 39.9. The van der Waals surface area contributed by atoms with Crippen molar-refractivity contribution in [3.05, 3.63) is 107 Å². The molecule has 1 saturated heterocycles. The van der Waals surface area contributed by atoms with Crippen LogP contribution in [0.25, 0.3) is 16.8 Å². The highest BCUT2D eigenvalue weighted by Gasteiger charge is 2.34. The van der Waals surface area contributed by atoms with Crippen molar-refractivity contribution in [2.45, 2.75) is 6.92 Å². The van der Waals surface area contributed by atoms with Gasteiger partial charge in [-0.1, -0.05) is 60.7 Å². The number of hydrogen-bond acceptors (Lipinski definition) is 7. The third-order valence-corrected chi connectivity index (χ3v) is 6.89. The van der Waals surface area contributed by atoms with Gasteiger partial charge in [-0.05, 0) is 71.4 Å². The summed E-state index contributed by atoms with van der Waals surface area (Å²) in [6.07, 6.45) is 1.63. The maximum absolute atomic E-state index is 13.0. The van der Waals surface area contributed by atoms with Crippen molar-refractivity contribution in [3.63, 3.8) is 0 Å². The first kappa shape index (κ1) is 26.1. The molecular formula is C31H25NO6S. The molecule has 4 aromatic rings. The number of benzene rings is 4. The van der Waals surface area contributed by atoms with E-state index < -0.39 is 5.97 Å². The summed E-state index contributed by atoms with van der Waals surface area (Å²) >= 11 is 0.872. The molecule has 0 radical (unpaired) electrons. The molecule has 0 saturated carbocycles.